The summed E-state index contributed by atoms with van der Waals surface area (Å²) in [4.78, 5) is 15.1. The number of rotatable bonds is 6. The molecule has 0 aliphatic heterocycles. The zero-order valence-electron chi connectivity index (χ0n) is 13.5. The largest absolute Gasteiger partial charge is 0.376 e. The molecule has 0 unspecified atom stereocenters. The van der Waals surface area contributed by atoms with Gasteiger partial charge in [0.2, 0.25) is 5.91 Å². The summed E-state index contributed by atoms with van der Waals surface area (Å²) in [6, 6.07) is 11.7. The molecule has 0 atom stereocenters. The van der Waals surface area contributed by atoms with Crippen molar-refractivity contribution in [1.82, 2.24) is 25.1 Å². The number of aromatic nitrogens is 4. The fourth-order valence-electron chi connectivity index (χ4n) is 2.28. The average Bonchev–Trinajstić information content (AvgIpc) is 3.24. The van der Waals surface area contributed by atoms with Crippen LogP contribution < -0.4 is 5.32 Å². The van der Waals surface area contributed by atoms with Gasteiger partial charge in [0, 0.05) is 30.2 Å². The molecule has 3 rings (SSSR count). The minimum absolute atomic E-state index is 0.0362. The molecule has 1 N–H and O–H groups in total. The summed E-state index contributed by atoms with van der Waals surface area (Å²) < 4.78 is 1.61. The number of thiophene rings is 1. The molecule has 0 fully saturated rings. The Bertz CT molecular complexity index is 814. The Morgan fingerprint density at radius 2 is 2.21 bits per heavy atom. The van der Waals surface area contributed by atoms with Gasteiger partial charge >= 0.3 is 0 Å². The summed E-state index contributed by atoms with van der Waals surface area (Å²) in [6.07, 6.45) is 0. The van der Waals surface area contributed by atoms with E-state index in [2.05, 4.69) is 20.8 Å². The van der Waals surface area contributed by atoms with E-state index in [0.717, 1.165) is 11.3 Å². The van der Waals surface area contributed by atoms with Crippen molar-refractivity contribution in [2.45, 2.75) is 6.54 Å². The van der Waals surface area contributed by atoms with Crippen LogP contribution >= 0.6 is 11.3 Å². The first-order chi connectivity index (χ1) is 11.6. The van der Waals surface area contributed by atoms with E-state index >= 15 is 0 Å². The summed E-state index contributed by atoms with van der Waals surface area (Å²) in [5.74, 6) is 0.717. The van der Waals surface area contributed by atoms with Gasteiger partial charge in [-0.15, -0.1) is 16.4 Å². The highest BCUT2D eigenvalue weighted by Crippen LogP contribution is 2.19. The second-order valence-electron chi connectivity index (χ2n) is 5.39. The van der Waals surface area contributed by atoms with Crippen molar-refractivity contribution < 1.29 is 4.79 Å². The molecular weight excluding hydrogens is 324 g/mol. The molecule has 0 aliphatic rings. The molecule has 0 radical (unpaired) electrons. The lowest BCUT2D eigenvalue weighted by Crippen LogP contribution is -2.31. The summed E-state index contributed by atoms with van der Waals surface area (Å²) >= 11 is 1.65. The first kappa shape index (κ1) is 16.1. The van der Waals surface area contributed by atoms with E-state index in [-0.39, 0.29) is 12.5 Å². The second kappa shape index (κ2) is 7.22. The maximum atomic E-state index is 12.2. The van der Waals surface area contributed by atoms with Crippen LogP contribution in [0.2, 0.25) is 0 Å². The van der Waals surface area contributed by atoms with Gasteiger partial charge in [-0.05, 0) is 34.0 Å². The van der Waals surface area contributed by atoms with Crippen LogP contribution in [-0.2, 0) is 18.4 Å². The number of anilines is 1. The van der Waals surface area contributed by atoms with E-state index < -0.39 is 0 Å². The molecule has 0 saturated carbocycles. The summed E-state index contributed by atoms with van der Waals surface area (Å²) in [6.45, 7) is 0.866. The van der Waals surface area contributed by atoms with Crippen LogP contribution in [-0.4, -0.2) is 44.6 Å². The van der Waals surface area contributed by atoms with E-state index in [1.54, 1.807) is 28.0 Å². The summed E-state index contributed by atoms with van der Waals surface area (Å²) in [7, 11) is 3.60. The predicted molar refractivity (Wildman–Crippen MR) is 93.5 cm³/mol. The molecule has 8 heteroatoms. The van der Waals surface area contributed by atoms with Crippen molar-refractivity contribution in [3.63, 3.8) is 0 Å². The Hall–Kier alpha value is -2.74. The van der Waals surface area contributed by atoms with Crippen LogP contribution in [0.4, 0.5) is 5.69 Å². The van der Waals surface area contributed by atoms with Gasteiger partial charge in [-0.3, -0.25) is 4.79 Å². The lowest BCUT2D eigenvalue weighted by Gasteiger charge is -2.17. The minimum Gasteiger partial charge on any atom is -0.376 e. The Kier molecular flexibility index (Phi) is 4.85. The normalized spacial score (nSPS) is 10.6. The van der Waals surface area contributed by atoms with Crippen molar-refractivity contribution in [1.29, 1.82) is 0 Å². The number of carbonyl (C=O) groups is 1. The van der Waals surface area contributed by atoms with E-state index in [0.29, 0.717) is 12.4 Å². The zero-order chi connectivity index (χ0) is 16.9. The van der Waals surface area contributed by atoms with Crippen molar-refractivity contribution in [3.05, 3.63) is 46.7 Å². The maximum absolute atomic E-state index is 12.2. The van der Waals surface area contributed by atoms with Crippen LogP contribution in [0.5, 0.6) is 0 Å². The van der Waals surface area contributed by atoms with Crippen molar-refractivity contribution in [2.75, 3.05) is 18.9 Å². The van der Waals surface area contributed by atoms with Gasteiger partial charge in [-0.1, -0.05) is 18.2 Å². The molecule has 0 saturated heterocycles. The highest BCUT2D eigenvalue weighted by molar-refractivity contribution is 7.09. The molecular formula is C16H18N6OS. The standard InChI is InChI=1S/C16H18N6OS/c1-21(11-14-7-4-8-24-14)15(23)10-17-13-6-3-5-12(9-13)16-18-19-20-22(16)2/h3-9,17H,10-11H2,1-2H3. The molecule has 1 amide bonds. The molecule has 2 heterocycles. The van der Waals surface area contributed by atoms with Gasteiger partial charge < -0.3 is 10.2 Å². The Labute approximate surface area is 143 Å². The van der Waals surface area contributed by atoms with Crippen molar-refractivity contribution in [2.24, 2.45) is 7.05 Å². The zero-order valence-corrected chi connectivity index (χ0v) is 14.3. The van der Waals surface area contributed by atoms with E-state index in [1.165, 1.54) is 4.88 Å². The van der Waals surface area contributed by atoms with Gasteiger partial charge in [0.25, 0.3) is 0 Å². The number of nitrogens with one attached hydrogen (secondary N) is 1. The Morgan fingerprint density at radius 3 is 2.92 bits per heavy atom. The molecule has 24 heavy (non-hydrogen) atoms. The Balaban J connectivity index is 1.60. The molecule has 1 aromatic carbocycles. The molecule has 2 aromatic heterocycles. The highest BCUT2D eigenvalue weighted by atomic mass is 32.1. The van der Waals surface area contributed by atoms with Crippen LogP contribution in [0, 0.1) is 0 Å². The monoisotopic (exact) mass is 342 g/mol. The first-order valence-corrected chi connectivity index (χ1v) is 8.34. The number of tetrazole rings is 1. The fourth-order valence-corrected chi connectivity index (χ4v) is 3.04. The summed E-state index contributed by atoms with van der Waals surface area (Å²) in [5.41, 5.74) is 1.75. The number of carbonyl (C=O) groups excluding carboxylic acids is 1. The summed E-state index contributed by atoms with van der Waals surface area (Å²) in [5, 5.41) is 16.6. The quantitative estimate of drug-likeness (QED) is 0.741. The number of likely N-dealkylation sites (N-methyl/N-ethyl adjacent to an activating group) is 1. The molecule has 124 valence electrons. The molecule has 3 aromatic rings. The third-order valence-corrected chi connectivity index (χ3v) is 4.44. The van der Waals surface area contributed by atoms with E-state index in [1.807, 2.05) is 48.8 Å². The maximum Gasteiger partial charge on any atom is 0.241 e. The molecule has 0 bridgehead atoms. The van der Waals surface area contributed by atoms with Crippen LogP contribution in [0.25, 0.3) is 11.4 Å². The van der Waals surface area contributed by atoms with E-state index in [4.69, 9.17) is 0 Å². The first-order valence-electron chi connectivity index (χ1n) is 7.46. The van der Waals surface area contributed by atoms with Crippen LogP contribution in [0.3, 0.4) is 0 Å². The van der Waals surface area contributed by atoms with Crippen LogP contribution in [0.1, 0.15) is 4.88 Å². The van der Waals surface area contributed by atoms with Gasteiger partial charge in [0.1, 0.15) is 0 Å². The SMILES string of the molecule is CN(Cc1cccs1)C(=O)CNc1cccc(-c2nnnn2C)c1. The number of hydrogen-bond acceptors (Lipinski definition) is 6. The molecule has 0 spiro atoms. The topological polar surface area (TPSA) is 75.9 Å². The van der Waals surface area contributed by atoms with Crippen molar-refractivity contribution >= 4 is 22.9 Å². The number of aryl methyl sites for hydroxylation is 1. The van der Waals surface area contributed by atoms with Crippen molar-refractivity contribution in [3.8, 4) is 11.4 Å². The Morgan fingerprint density at radius 1 is 1.33 bits per heavy atom. The smallest absolute Gasteiger partial charge is 0.241 e. The van der Waals surface area contributed by atoms with Crippen LogP contribution in [0.15, 0.2) is 41.8 Å². The van der Waals surface area contributed by atoms with E-state index in [9.17, 15) is 4.79 Å². The number of hydrogen-bond donors (Lipinski definition) is 1. The fraction of sp³-hybridized carbons (Fsp3) is 0.250. The van der Waals surface area contributed by atoms with Gasteiger partial charge in [-0.2, -0.15) is 0 Å². The molecule has 0 aliphatic carbocycles. The minimum atomic E-state index is 0.0362. The average molecular weight is 342 g/mol. The number of amides is 1. The van der Waals surface area contributed by atoms with Gasteiger partial charge in [0.15, 0.2) is 5.82 Å². The van der Waals surface area contributed by atoms with Gasteiger partial charge in [0.05, 0.1) is 13.1 Å². The lowest BCUT2D eigenvalue weighted by atomic mass is 10.2. The predicted octanol–water partition coefficient (Wildman–Crippen LogP) is 2.01. The number of nitrogens with zero attached hydrogens (tertiary/aromatic N) is 5. The highest BCUT2D eigenvalue weighted by Gasteiger charge is 2.10. The lowest BCUT2D eigenvalue weighted by molar-refractivity contribution is -0.128. The molecule has 7 nitrogen and oxygen atoms in total. The third-order valence-electron chi connectivity index (χ3n) is 3.58. The number of benzene rings is 1. The second-order valence-corrected chi connectivity index (χ2v) is 6.42. The third kappa shape index (κ3) is 3.77. The van der Waals surface area contributed by atoms with Gasteiger partial charge in [-0.25, -0.2) is 4.68 Å².